The van der Waals surface area contributed by atoms with Gasteiger partial charge in [0.15, 0.2) is 0 Å². The van der Waals surface area contributed by atoms with Gasteiger partial charge in [-0.15, -0.1) is 24.0 Å². The number of hydrogen-bond donors (Lipinski definition) is 0. The second-order valence-corrected chi connectivity index (χ2v) is 1.56. The summed E-state index contributed by atoms with van der Waals surface area (Å²) in [5.41, 5.74) is 0. The van der Waals surface area contributed by atoms with Crippen molar-refractivity contribution >= 4 is 24.0 Å². The number of halogens is 1. The summed E-state index contributed by atoms with van der Waals surface area (Å²) in [4.78, 5) is 0. The van der Waals surface area contributed by atoms with Crippen molar-refractivity contribution < 1.29 is 80.0 Å². The fourth-order valence-corrected chi connectivity index (χ4v) is 0. The molecule has 0 aromatic carbocycles. The van der Waals surface area contributed by atoms with E-state index < -0.39 is 13.0 Å². The maximum atomic E-state index is 8.58. The summed E-state index contributed by atoms with van der Waals surface area (Å²) >= 11 is -5.62. The van der Waals surface area contributed by atoms with Gasteiger partial charge in [0.05, 0.1) is 0 Å². The van der Waals surface area contributed by atoms with Gasteiger partial charge in [-0.25, -0.2) is 0 Å². The first-order valence-electron chi connectivity index (χ1n) is 0.617. The molecule has 7 heavy (non-hydrogen) atoms. The molecule has 0 heterocycles. The zero-order chi connectivity index (χ0) is 4.50. The first-order chi connectivity index (χ1) is 2.00. The van der Waals surface area contributed by atoms with Crippen LogP contribution in [-0.2, 0) is 24.5 Å². The van der Waals surface area contributed by atoms with Gasteiger partial charge < -0.3 is 0 Å². The molecule has 0 saturated heterocycles. The molecule has 0 saturated carbocycles. The van der Waals surface area contributed by atoms with E-state index in [2.05, 4.69) is 0 Å². The minimum absolute atomic E-state index is 0. The van der Waals surface area contributed by atoms with Crippen LogP contribution in [-0.4, -0.2) is 0 Å². The molecule has 0 aliphatic rings. The summed E-state index contributed by atoms with van der Waals surface area (Å²) in [7, 11) is 0. The Bertz CT molecular complexity index is 133. The first-order valence-corrected chi connectivity index (χ1v) is 2.54. The molecule has 7 heteroatoms. The van der Waals surface area contributed by atoms with Crippen LogP contribution in [0.1, 0.15) is 0 Å². The molecule has 0 spiro atoms. The summed E-state index contributed by atoms with van der Waals surface area (Å²) in [5.74, 6) is 0. The van der Waals surface area contributed by atoms with E-state index in [0.29, 0.717) is 0 Å². The SMILES string of the molecule is I.[K+].[O]=[Mn](=[O])(=[O])[O-]. The molecule has 0 bridgehead atoms. The minimum atomic E-state index is -5.62. The summed E-state index contributed by atoms with van der Waals surface area (Å²) in [6.07, 6.45) is 0. The summed E-state index contributed by atoms with van der Waals surface area (Å²) in [6, 6.07) is 0. The van der Waals surface area contributed by atoms with Crippen molar-refractivity contribution in [1.82, 2.24) is 0 Å². The van der Waals surface area contributed by atoms with E-state index in [1.807, 2.05) is 0 Å². The van der Waals surface area contributed by atoms with Crippen LogP contribution in [0.15, 0.2) is 0 Å². The Labute approximate surface area is 102 Å². The van der Waals surface area contributed by atoms with E-state index in [1.165, 1.54) is 0 Å². The molecule has 0 aliphatic heterocycles. The summed E-state index contributed by atoms with van der Waals surface area (Å²) in [5, 5.41) is 0. The average molecular weight is 286 g/mol. The van der Waals surface area contributed by atoms with E-state index in [1.54, 1.807) is 0 Å². The van der Waals surface area contributed by atoms with E-state index in [9.17, 15) is 0 Å². The second-order valence-electron chi connectivity index (χ2n) is 0.378. The van der Waals surface area contributed by atoms with Gasteiger partial charge in [-0.2, -0.15) is 0 Å². The molecule has 0 aliphatic carbocycles. The fourth-order valence-electron chi connectivity index (χ4n) is 0. The number of rotatable bonds is 0. The van der Waals surface area contributed by atoms with Crippen LogP contribution < -0.4 is 55.6 Å². The fraction of sp³-hybridized carbons (Fsp3) is 0. The van der Waals surface area contributed by atoms with Gasteiger partial charge in [0.1, 0.15) is 0 Å². The monoisotopic (exact) mass is 286 g/mol. The van der Waals surface area contributed by atoms with Gasteiger partial charge >= 0.3 is 80.0 Å². The van der Waals surface area contributed by atoms with Gasteiger partial charge in [-0.05, 0) is 0 Å². The van der Waals surface area contributed by atoms with E-state index in [4.69, 9.17) is 15.7 Å². The van der Waals surface area contributed by atoms with Crippen molar-refractivity contribution in [3.8, 4) is 0 Å². The molecular weight excluding hydrogens is 285 g/mol. The molecular formula is HIKMnO4. The molecule has 0 amide bonds. The van der Waals surface area contributed by atoms with Crippen molar-refractivity contribution in [2.45, 2.75) is 0 Å². The van der Waals surface area contributed by atoms with Gasteiger partial charge in [0.2, 0.25) is 0 Å². The molecule has 0 rings (SSSR count). The van der Waals surface area contributed by atoms with E-state index >= 15 is 0 Å². The Morgan fingerprint density at radius 3 is 1.14 bits per heavy atom. The topological polar surface area (TPSA) is 74.3 Å². The normalized spacial score (nSPS) is 8.14. The van der Waals surface area contributed by atoms with E-state index in [-0.39, 0.29) is 75.4 Å². The Balaban J connectivity index is -0.0000000800. The van der Waals surface area contributed by atoms with Crippen LogP contribution in [0.25, 0.3) is 0 Å². The van der Waals surface area contributed by atoms with Gasteiger partial charge in [-0.1, -0.05) is 0 Å². The van der Waals surface area contributed by atoms with Crippen molar-refractivity contribution in [3.05, 3.63) is 0 Å². The first kappa shape index (κ1) is 16.1. The van der Waals surface area contributed by atoms with Crippen LogP contribution in [0, 0.1) is 0 Å². The van der Waals surface area contributed by atoms with Crippen molar-refractivity contribution in [3.63, 3.8) is 0 Å². The summed E-state index contributed by atoms with van der Waals surface area (Å²) in [6.45, 7) is 0. The van der Waals surface area contributed by atoms with Crippen molar-refractivity contribution in [1.29, 1.82) is 0 Å². The van der Waals surface area contributed by atoms with Crippen LogP contribution in [0.2, 0.25) is 0 Å². The maximum absolute atomic E-state index is 8.58. The summed E-state index contributed by atoms with van der Waals surface area (Å²) < 4.78 is 34.3. The molecule has 0 unspecified atom stereocenters. The molecule has 0 aromatic rings. The van der Waals surface area contributed by atoms with Crippen LogP contribution in [0.4, 0.5) is 0 Å². The van der Waals surface area contributed by atoms with Gasteiger partial charge in [0.25, 0.3) is 0 Å². The standard InChI is InChI=1S/HI.K.Mn.4O/h1H;;;;;;/q;+1;;;;;-1. The molecule has 0 fully saturated rings. The van der Waals surface area contributed by atoms with Crippen LogP contribution in [0.5, 0.6) is 0 Å². The van der Waals surface area contributed by atoms with Crippen LogP contribution in [0.3, 0.4) is 0 Å². The molecule has 0 radical (unpaired) electrons. The molecule has 0 N–H and O–H groups in total. The average Bonchev–Trinajstić information content (AvgIpc) is 0.722. The zero-order valence-corrected chi connectivity index (χ0v) is 10.1. The second kappa shape index (κ2) is 6.37. The van der Waals surface area contributed by atoms with E-state index in [0.717, 1.165) is 0 Å². The van der Waals surface area contributed by atoms with Crippen LogP contribution >= 0.6 is 24.0 Å². The zero-order valence-electron chi connectivity index (χ0n) is 3.42. The Morgan fingerprint density at radius 2 is 1.14 bits per heavy atom. The Hall–Kier alpha value is 2.25. The molecule has 4 nitrogen and oxygen atoms in total. The Kier molecular flexibility index (Phi) is 14.7. The predicted molar refractivity (Wildman–Crippen MR) is 17.5 cm³/mol. The third-order valence-electron chi connectivity index (χ3n) is 0. The Morgan fingerprint density at radius 1 is 1.14 bits per heavy atom. The van der Waals surface area contributed by atoms with Crippen molar-refractivity contribution in [2.24, 2.45) is 0 Å². The van der Waals surface area contributed by atoms with Gasteiger partial charge in [-0.3, -0.25) is 0 Å². The molecule has 40 valence electrons. The number of hydrogen-bond acceptors (Lipinski definition) is 4. The van der Waals surface area contributed by atoms with Crippen molar-refractivity contribution in [2.75, 3.05) is 0 Å². The third kappa shape index (κ3) is 63.8. The van der Waals surface area contributed by atoms with Gasteiger partial charge in [0, 0.05) is 0 Å². The quantitative estimate of drug-likeness (QED) is 0.337. The third-order valence-corrected chi connectivity index (χ3v) is 0. The molecule has 0 atom stereocenters. The predicted octanol–water partition coefficient (Wildman–Crippen LogP) is -3.93. The molecule has 0 aromatic heterocycles.